The van der Waals surface area contributed by atoms with Gasteiger partial charge in [0.15, 0.2) is 0 Å². The van der Waals surface area contributed by atoms with E-state index in [1.54, 1.807) is 0 Å². The van der Waals surface area contributed by atoms with E-state index in [-0.39, 0.29) is 18.6 Å². The Bertz CT molecular complexity index is 343. The number of nitrogens with one attached hydrogen (secondary N) is 1. The highest BCUT2D eigenvalue weighted by Gasteiger charge is 2.11. The number of amides is 1. The Morgan fingerprint density at radius 1 is 1.28 bits per heavy atom. The molecule has 18 heavy (non-hydrogen) atoms. The molecular weight excluding hydrogens is 294 g/mol. The summed E-state index contributed by atoms with van der Waals surface area (Å²) in [4.78, 5) is 11.6. The minimum atomic E-state index is -0.191. The highest BCUT2D eigenvalue weighted by Crippen LogP contribution is 2.04. The maximum absolute atomic E-state index is 11.6. The third kappa shape index (κ3) is 6.17. The van der Waals surface area contributed by atoms with Gasteiger partial charge in [-0.2, -0.15) is 0 Å². The lowest BCUT2D eigenvalue weighted by Gasteiger charge is -2.16. The van der Waals surface area contributed by atoms with Gasteiger partial charge in [-0.05, 0) is 24.8 Å². The maximum atomic E-state index is 11.6. The number of benzene rings is 1. The van der Waals surface area contributed by atoms with Gasteiger partial charge in [0, 0.05) is 11.8 Å². The lowest BCUT2D eigenvalue weighted by Crippen LogP contribution is -2.38. The van der Waals surface area contributed by atoms with E-state index in [9.17, 15) is 9.90 Å². The SMILES string of the molecule is O=C(CCCCBr)N[C@@H](CO)Cc1ccccc1. The van der Waals surface area contributed by atoms with Crippen molar-refractivity contribution >= 4 is 21.8 Å². The van der Waals surface area contributed by atoms with Gasteiger partial charge in [-0.3, -0.25) is 4.79 Å². The van der Waals surface area contributed by atoms with Gasteiger partial charge >= 0.3 is 0 Å². The molecule has 3 nitrogen and oxygen atoms in total. The van der Waals surface area contributed by atoms with Gasteiger partial charge < -0.3 is 10.4 Å². The molecular formula is C14H20BrNO2. The Balaban J connectivity index is 2.35. The molecule has 0 saturated carbocycles. The van der Waals surface area contributed by atoms with Crippen LogP contribution >= 0.6 is 15.9 Å². The smallest absolute Gasteiger partial charge is 0.220 e. The number of rotatable bonds is 8. The monoisotopic (exact) mass is 313 g/mol. The van der Waals surface area contributed by atoms with Crippen molar-refractivity contribution < 1.29 is 9.90 Å². The van der Waals surface area contributed by atoms with E-state index in [0.29, 0.717) is 12.8 Å². The van der Waals surface area contributed by atoms with Crippen molar-refractivity contribution in [2.24, 2.45) is 0 Å². The van der Waals surface area contributed by atoms with Crippen molar-refractivity contribution in [1.29, 1.82) is 0 Å². The van der Waals surface area contributed by atoms with Crippen LogP contribution in [0.2, 0.25) is 0 Å². The Kier molecular flexibility index (Phi) is 7.69. The summed E-state index contributed by atoms with van der Waals surface area (Å²) < 4.78 is 0. The Morgan fingerprint density at radius 3 is 2.61 bits per heavy atom. The molecule has 0 saturated heterocycles. The van der Waals surface area contributed by atoms with Crippen molar-refractivity contribution in [1.82, 2.24) is 5.32 Å². The number of carbonyl (C=O) groups excluding carboxylic acids is 1. The Morgan fingerprint density at radius 2 is 2.00 bits per heavy atom. The molecule has 0 aliphatic heterocycles. The summed E-state index contributed by atoms with van der Waals surface area (Å²) in [5, 5.41) is 13.1. The lowest BCUT2D eigenvalue weighted by molar-refractivity contribution is -0.122. The van der Waals surface area contributed by atoms with Crippen LogP contribution < -0.4 is 5.32 Å². The minimum Gasteiger partial charge on any atom is -0.394 e. The highest BCUT2D eigenvalue weighted by molar-refractivity contribution is 9.09. The van der Waals surface area contributed by atoms with Crippen molar-refractivity contribution in [3.8, 4) is 0 Å². The van der Waals surface area contributed by atoms with Crippen LogP contribution in [0.1, 0.15) is 24.8 Å². The number of carbonyl (C=O) groups is 1. The normalized spacial score (nSPS) is 12.1. The summed E-state index contributed by atoms with van der Waals surface area (Å²) in [6.45, 7) is -0.0287. The molecule has 100 valence electrons. The van der Waals surface area contributed by atoms with E-state index < -0.39 is 0 Å². The summed E-state index contributed by atoms with van der Waals surface area (Å²) in [5.74, 6) is 0.0194. The van der Waals surface area contributed by atoms with Crippen LogP contribution in [0.5, 0.6) is 0 Å². The number of unbranched alkanes of at least 4 members (excludes halogenated alkanes) is 1. The molecule has 0 spiro atoms. The lowest BCUT2D eigenvalue weighted by atomic mass is 10.1. The molecule has 2 N–H and O–H groups in total. The zero-order valence-electron chi connectivity index (χ0n) is 10.4. The first-order chi connectivity index (χ1) is 8.76. The van der Waals surface area contributed by atoms with Gasteiger partial charge in [-0.15, -0.1) is 0 Å². The second kappa shape index (κ2) is 9.11. The van der Waals surface area contributed by atoms with Gasteiger partial charge in [-0.25, -0.2) is 0 Å². The van der Waals surface area contributed by atoms with E-state index in [1.165, 1.54) is 0 Å². The largest absolute Gasteiger partial charge is 0.394 e. The van der Waals surface area contributed by atoms with Crippen molar-refractivity contribution in [3.05, 3.63) is 35.9 Å². The van der Waals surface area contributed by atoms with E-state index in [1.807, 2.05) is 30.3 Å². The molecule has 0 heterocycles. The van der Waals surface area contributed by atoms with Crippen LogP contribution in [0.3, 0.4) is 0 Å². The number of hydrogen-bond donors (Lipinski definition) is 2. The van der Waals surface area contributed by atoms with E-state index in [2.05, 4.69) is 21.2 Å². The zero-order chi connectivity index (χ0) is 13.2. The van der Waals surface area contributed by atoms with Gasteiger partial charge in [-0.1, -0.05) is 46.3 Å². The molecule has 0 bridgehead atoms. The van der Waals surface area contributed by atoms with Gasteiger partial charge in [0.25, 0.3) is 0 Å². The predicted molar refractivity (Wildman–Crippen MR) is 76.8 cm³/mol. The van der Waals surface area contributed by atoms with Crippen LogP contribution in [-0.2, 0) is 11.2 Å². The fraction of sp³-hybridized carbons (Fsp3) is 0.500. The number of alkyl halides is 1. The van der Waals surface area contributed by atoms with Gasteiger partial charge in [0.1, 0.15) is 0 Å². The molecule has 4 heteroatoms. The van der Waals surface area contributed by atoms with Crippen molar-refractivity contribution in [3.63, 3.8) is 0 Å². The standard InChI is InChI=1S/C14H20BrNO2/c15-9-5-4-8-14(18)16-13(11-17)10-12-6-2-1-3-7-12/h1-3,6-7,13,17H,4-5,8-11H2,(H,16,18)/t13-/m1/s1. The average molecular weight is 314 g/mol. The number of hydrogen-bond acceptors (Lipinski definition) is 2. The van der Waals surface area contributed by atoms with E-state index in [0.717, 1.165) is 23.7 Å². The second-order valence-electron chi connectivity index (χ2n) is 4.28. The molecule has 0 aliphatic carbocycles. The molecule has 0 radical (unpaired) electrons. The zero-order valence-corrected chi connectivity index (χ0v) is 12.0. The Hall–Kier alpha value is -0.870. The quantitative estimate of drug-likeness (QED) is 0.571. The predicted octanol–water partition coefficient (Wildman–Crippen LogP) is 2.27. The summed E-state index contributed by atoms with van der Waals surface area (Å²) in [6.07, 6.45) is 3.06. The first kappa shape index (κ1) is 15.2. The second-order valence-corrected chi connectivity index (χ2v) is 5.08. The van der Waals surface area contributed by atoms with Gasteiger partial charge in [0.05, 0.1) is 12.6 Å². The van der Waals surface area contributed by atoms with Gasteiger partial charge in [0.2, 0.25) is 5.91 Å². The molecule has 1 aromatic carbocycles. The molecule has 0 aromatic heterocycles. The summed E-state index contributed by atoms with van der Waals surface area (Å²) in [5.41, 5.74) is 1.12. The molecule has 1 aromatic rings. The fourth-order valence-corrected chi connectivity index (χ4v) is 2.14. The van der Waals surface area contributed by atoms with Crippen molar-refractivity contribution in [2.75, 3.05) is 11.9 Å². The van der Waals surface area contributed by atoms with Crippen LogP contribution in [0.15, 0.2) is 30.3 Å². The topological polar surface area (TPSA) is 49.3 Å². The first-order valence-corrected chi connectivity index (χ1v) is 7.38. The Labute approximate surface area is 117 Å². The number of aliphatic hydroxyl groups excluding tert-OH is 1. The van der Waals surface area contributed by atoms with Crippen LogP contribution in [-0.4, -0.2) is 29.0 Å². The minimum absolute atomic E-state index is 0.0194. The fourth-order valence-electron chi connectivity index (χ4n) is 1.74. The van der Waals surface area contributed by atoms with Crippen molar-refractivity contribution in [2.45, 2.75) is 31.7 Å². The average Bonchev–Trinajstić information content (AvgIpc) is 2.39. The van der Waals surface area contributed by atoms with E-state index >= 15 is 0 Å². The molecule has 0 unspecified atom stereocenters. The number of halogens is 1. The molecule has 1 atom stereocenters. The first-order valence-electron chi connectivity index (χ1n) is 6.26. The van der Waals surface area contributed by atoms with Crippen LogP contribution in [0.4, 0.5) is 0 Å². The highest BCUT2D eigenvalue weighted by atomic mass is 79.9. The molecule has 0 fully saturated rings. The third-order valence-electron chi connectivity index (χ3n) is 2.70. The third-order valence-corrected chi connectivity index (χ3v) is 3.26. The summed E-state index contributed by atoms with van der Waals surface area (Å²) in [6, 6.07) is 9.68. The molecule has 1 rings (SSSR count). The van der Waals surface area contributed by atoms with E-state index in [4.69, 9.17) is 0 Å². The maximum Gasteiger partial charge on any atom is 0.220 e. The number of aliphatic hydroxyl groups is 1. The summed E-state index contributed by atoms with van der Waals surface area (Å²) in [7, 11) is 0. The molecule has 1 amide bonds. The van der Waals surface area contributed by atoms with Crippen LogP contribution in [0.25, 0.3) is 0 Å². The summed E-state index contributed by atoms with van der Waals surface area (Å²) >= 11 is 3.34. The molecule has 0 aliphatic rings. The van der Waals surface area contributed by atoms with Crippen LogP contribution in [0, 0.1) is 0 Å².